The first-order valence-electron chi connectivity index (χ1n) is 4.61. The Labute approximate surface area is 87.5 Å². The molecule has 0 fully saturated rings. The van der Waals surface area contributed by atoms with Crippen molar-refractivity contribution in [3.8, 4) is 12.1 Å². The van der Waals surface area contributed by atoms with Crippen LogP contribution in [0, 0.1) is 34.5 Å². The van der Waals surface area contributed by atoms with E-state index in [9.17, 15) is 0 Å². The van der Waals surface area contributed by atoms with Crippen LogP contribution in [0.25, 0.3) is 0 Å². The first kappa shape index (κ1) is 18.6. The van der Waals surface area contributed by atoms with Crippen molar-refractivity contribution in [2.75, 3.05) is 0 Å². The van der Waals surface area contributed by atoms with Crippen molar-refractivity contribution < 1.29 is 0 Å². The van der Waals surface area contributed by atoms with Crippen molar-refractivity contribution >= 4 is 0 Å². The molecule has 0 aliphatic heterocycles. The van der Waals surface area contributed by atoms with Crippen molar-refractivity contribution in [3.63, 3.8) is 0 Å². The van der Waals surface area contributed by atoms with Crippen molar-refractivity contribution in [2.24, 2.45) is 23.5 Å². The lowest BCUT2D eigenvalue weighted by Gasteiger charge is -1.88. The van der Waals surface area contributed by atoms with E-state index in [1.165, 1.54) is 0 Å². The molecule has 0 heterocycles. The Morgan fingerprint density at radius 1 is 0.857 bits per heavy atom. The fourth-order valence-corrected chi connectivity index (χ4v) is 0.365. The maximum atomic E-state index is 7.99. The van der Waals surface area contributed by atoms with Gasteiger partial charge in [0.25, 0.3) is 0 Å². The Morgan fingerprint density at radius 3 is 1.07 bits per heavy atom. The third-order valence-corrected chi connectivity index (χ3v) is 0.999. The largest absolute Gasteiger partial charge is 0.274 e. The molecule has 0 aromatic carbocycles. The number of hydrogen-bond donors (Lipinski definition) is 2. The number of nitriles is 2. The van der Waals surface area contributed by atoms with Crippen LogP contribution in [0.2, 0.25) is 0 Å². The van der Waals surface area contributed by atoms with Crippen molar-refractivity contribution in [2.45, 2.75) is 40.5 Å². The van der Waals surface area contributed by atoms with Gasteiger partial charge in [0.15, 0.2) is 0 Å². The molecule has 0 amide bonds. The van der Waals surface area contributed by atoms with E-state index in [-0.39, 0.29) is 0 Å². The molecule has 0 saturated carbocycles. The lowest BCUT2D eigenvalue weighted by Crippen LogP contribution is -2.02. The molecule has 0 rings (SSSR count). The SMILES string of the molecule is CC(C)CC#N.CC(C)CC#N.NN. The second-order valence-electron chi connectivity index (χ2n) is 3.51. The van der Waals surface area contributed by atoms with Gasteiger partial charge in [-0.1, -0.05) is 27.7 Å². The van der Waals surface area contributed by atoms with Crippen LogP contribution >= 0.6 is 0 Å². The molecule has 0 aromatic heterocycles. The summed E-state index contributed by atoms with van der Waals surface area (Å²) in [7, 11) is 0. The van der Waals surface area contributed by atoms with E-state index in [2.05, 4.69) is 23.8 Å². The second kappa shape index (κ2) is 17.8. The smallest absolute Gasteiger partial charge is 0.0624 e. The van der Waals surface area contributed by atoms with E-state index < -0.39 is 0 Å². The highest BCUT2D eigenvalue weighted by Gasteiger charge is 1.86. The fourth-order valence-electron chi connectivity index (χ4n) is 0.365. The predicted molar refractivity (Wildman–Crippen MR) is 58.5 cm³/mol. The monoisotopic (exact) mass is 198 g/mol. The van der Waals surface area contributed by atoms with Crippen molar-refractivity contribution in [1.82, 2.24) is 0 Å². The molecule has 0 radical (unpaired) electrons. The first-order valence-corrected chi connectivity index (χ1v) is 4.61. The Bertz CT molecular complexity index is 142. The lowest BCUT2D eigenvalue weighted by atomic mass is 10.2. The van der Waals surface area contributed by atoms with E-state index in [0.29, 0.717) is 24.7 Å². The molecule has 0 saturated heterocycles. The molecular weight excluding hydrogens is 176 g/mol. The van der Waals surface area contributed by atoms with Crippen LogP contribution in [-0.2, 0) is 0 Å². The summed E-state index contributed by atoms with van der Waals surface area (Å²) in [5.41, 5.74) is 0. The van der Waals surface area contributed by atoms with Crippen LogP contribution < -0.4 is 11.7 Å². The first-order chi connectivity index (χ1) is 6.54. The summed E-state index contributed by atoms with van der Waals surface area (Å²) >= 11 is 0. The summed E-state index contributed by atoms with van der Waals surface area (Å²) in [6.07, 6.45) is 1.36. The molecule has 0 aliphatic carbocycles. The highest BCUT2D eigenvalue weighted by atomic mass is 15.0. The Morgan fingerprint density at radius 2 is 1.07 bits per heavy atom. The van der Waals surface area contributed by atoms with Gasteiger partial charge in [-0.25, -0.2) is 0 Å². The average molecular weight is 198 g/mol. The lowest BCUT2D eigenvalue weighted by molar-refractivity contribution is 0.671. The summed E-state index contributed by atoms with van der Waals surface area (Å²) in [4.78, 5) is 0. The topological polar surface area (TPSA) is 99.6 Å². The van der Waals surface area contributed by atoms with Gasteiger partial charge in [-0.05, 0) is 11.8 Å². The highest BCUT2D eigenvalue weighted by molar-refractivity contribution is 4.70. The van der Waals surface area contributed by atoms with E-state index in [0.717, 1.165) is 0 Å². The normalized spacial score (nSPS) is 7.57. The fraction of sp³-hybridized carbons (Fsp3) is 0.800. The molecular formula is C10H22N4. The van der Waals surface area contributed by atoms with Gasteiger partial charge in [0.05, 0.1) is 12.1 Å². The standard InChI is InChI=1S/2C5H9N.H4N2/c2*1-5(2)3-4-6;1-2/h2*5H,3H2,1-2H3;1-2H2. The maximum Gasteiger partial charge on any atom is 0.0624 e. The van der Waals surface area contributed by atoms with E-state index in [1.807, 2.05) is 27.7 Å². The predicted octanol–water partition coefficient (Wildman–Crippen LogP) is 1.93. The zero-order chi connectivity index (χ0) is 12.0. The third-order valence-electron chi connectivity index (χ3n) is 0.999. The van der Waals surface area contributed by atoms with Gasteiger partial charge < -0.3 is 0 Å². The van der Waals surface area contributed by atoms with Crippen LogP contribution in [0.3, 0.4) is 0 Å². The van der Waals surface area contributed by atoms with Gasteiger partial charge in [0.2, 0.25) is 0 Å². The molecule has 0 aliphatic rings. The second-order valence-corrected chi connectivity index (χ2v) is 3.51. The summed E-state index contributed by atoms with van der Waals surface area (Å²) in [6.45, 7) is 8.12. The van der Waals surface area contributed by atoms with E-state index >= 15 is 0 Å². The zero-order valence-electron chi connectivity index (χ0n) is 9.62. The van der Waals surface area contributed by atoms with Crippen LogP contribution in [0.5, 0.6) is 0 Å². The van der Waals surface area contributed by atoms with Crippen LogP contribution in [-0.4, -0.2) is 0 Å². The van der Waals surface area contributed by atoms with E-state index in [4.69, 9.17) is 10.5 Å². The minimum Gasteiger partial charge on any atom is -0.274 e. The molecule has 0 bridgehead atoms. The molecule has 4 N–H and O–H groups in total. The van der Waals surface area contributed by atoms with Crippen LogP contribution in [0.4, 0.5) is 0 Å². The van der Waals surface area contributed by atoms with Crippen LogP contribution in [0.1, 0.15) is 40.5 Å². The van der Waals surface area contributed by atoms with Gasteiger partial charge in [0.1, 0.15) is 0 Å². The van der Waals surface area contributed by atoms with Gasteiger partial charge in [-0.2, -0.15) is 10.5 Å². The molecule has 4 nitrogen and oxygen atoms in total. The minimum absolute atomic E-state index is 0.537. The number of hydrogen-bond acceptors (Lipinski definition) is 4. The number of rotatable bonds is 2. The number of nitrogens with two attached hydrogens (primary N) is 2. The summed E-state index contributed by atoms with van der Waals surface area (Å²) in [6, 6.07) is 4.13. The molecule has 0 unspecified atom stereocenters. The van der Waals surface area contributed by atoms with Gasteiger partial charge >= 0.3 is 0 Å². The summed E-state index contributed by atoms with van der Waals surface area (Å²) < 4.78 is 0. The highest BCUT2D eigenvalue weighted by Crippen LogP contribution is 1.94. The summed E-state index contributed by atoms with van der Waals surface area (Å²) in [5.74, 6) is 9.07. The minimum atomic E-state index is 0.537. The van der Waals surface area contributed by atoms with Gasteiger partial charge in [-0.15, -0.1) is 0 Å². The van der Waals surface area contributed by atoms with Gasteiger partial charge in [-0.3, -0.25) is 11.7 Å². The summed E-state index contributed by atoms with van der Waals surface area (Å²) in [5, 5.41) is 16.0. The molecule has 4 heteroatoms. The Hall–Kier alpha value is -1.10. The van der Waals surface area contributed by atoms with E-state index in [1.54, 1.807) is 0 Å². The third kappa shape index (κ3) is 44.5. The van der Waals surface area contributed by atoms with Gasteiger partial charge in [0, 0.05) is 12.8 Å². The quantitative estimate of drug-likeness (QED) is 0.523. The Balaban J connectivity index is -0.000000147. The number of nitrogens with zero attached hydrogens (tertiary/aromatic N) is 2. The molecule has 0 spiro atoms. The maximum absolute atomic E-state index is 7.99. The van der Waals surface area contributed by atoms with Crippen molar-refractivity contribution in [1.29, 1.82) is 10.5 Å². The van der Waals surface area contributed by atoms with Crippen LogP contribution in [0.15, 0.2) is 0 Å². The average Bonchev–Trinajstić information content (AvgIpc) is 2.08. The van der Waals surface area contributed by atoms with Crippen molar-refractivity contribution in [3.05, 3.63) is 0 Å². The molecule has 82 valence electrons. The molecule has 0 aromatic rings. The molecule has 14 heavy (non-hydrogen) atoms. The molecule has 0 atom stereocenters. The zero-order valence-corrected chi connectivity index (χ0v) is 9.62. The Kier molecular flexibility index (Phi) is 23.8. The number of hydrazine groups is 1.